The number of ether oxygens (including phenoxy) is 4. The highest BCUT2D eigenvalue weighted by Gasteiger charge is 2.51. The summed E-state index contributed by atoms with van der Waals surface area (Å²) in [4.78, 5) is 65.4. The Bertz CT molecular complexity index is 2400. The zero-order valence-corrected chi connectivity index (χ0v) is 41.3. The van der Waals surface area contributed by atoms with Crippen molar-refractivity contribution in [3.05, 3.63) is 54.7 Å². The third-order valence-corrected chi connectivity index (χ3v) is 15.3. The summed E-state index contributed by atoms with van der Waals surface area (Å²) >= 11 is 0. The predicted octanol–water partition coefficient (Wildman–Crippen LogP) is 7.62. The fourth-order valence-corrected chi connectivity index (χ4v) is 10.4. The number of nitrogens with one attached hydrogen (secondary N) is 2. The molecule has 1 aliphatic heterocycles. The van der Waals surface area contributed by atoms with Crippen LogP contribution in [-0.2, 0) is 29.1 Å². The summed E-state index contributed by atoms with van der Waals surface area (Å²) in [6, 6.07) is 8.97. The molecule has 4 N–H and O–H groups in total. The van der Waals surface area contributed by atoms with E-state index in [2.05, 4.69) is 28.0 Å². The first-order valence-corrected chi connectivity index (χ1v) is 25.2. The van der Waals surface area contributed by atoms with Crippen molar-refractivity contribution in [2.45, 2.75) is 154 Å². The van der Waals surface area contributed by atoms with Crippen LogP contribution in [0.5, 0.6) is 17.4 Å². The summed E-state index contributed by atoms with van der Waals surface area (Å²) in [7, 11) is -2.12. The van der Waals surface area contributed by atoms with Crippen LogP contribution in [0.15, 0.2) is 54.7 Å². The summed E-state index contributed by atoms with van der Waals surface area (Å²) in [6.45, 7) is 14.8. The smallest absolute Gasteiger partial charge is 0.408 e. The van der Waals surface area contributed by atoms with Crippen molar-refractivity contribution in [2.75, 3.05) is 13.7 Å². The van der Waals surface area contributed by atoms with Crippen LogP contribution in [-0.4, -0.2) is 95.4 Å². The summed E-state index contributed by atoms with van der Waals surface area (Å²) in [5.41, 5.74) is 6.28. The number of carbonyl (C=O) groups is 4. The van der Waals surface area contributed by atoms with E-state index in [4.69, 9.17) is 29.7 Å². The largest absolute Gasteiger partial charge is 0.497 e. The lowest BCUT2D eigenvalue weighted by atomic mass is 9.84. The zero-order valence-electron chi connectivity index (χ0n) is 40.5. The second-order valence-electron chi connectivity index (χ2n) is 20.1. The number of allylic oxidation sites excluding steroid dienone is 2. The number of sulfonamides is 1. The van der Waals surface area contributed by atoms with Crippen LogP contribution in [0.2, 0.25) is 0 Å². The highest BCUT2D eigenvalue weighted by Crippen LogP contribution is 2.43. The monoisotopic (exact) mass is 946 g/mol. The summed E-state index contributed by atoms with van der Waals surface area (Å²) in [5, 5.41) is 4.34. The highest BCUT2D eigenvalue weighted by atomic mass is 32.2. The van der Waals surface area contributed by atoms with Crippen molar-refractivity contribution >= 4 is 44.6 Å². The minimum Gasteiger partial charge on any atom is -0.497 e. The Labute approximate surface area is 395 Å². The van der Waals surface area contributed by atoms with Gasteiger partial charge in [-0.25, -0.2) is 18.2 Å². The third kappa shape index (κ3) is 13.0. The summed E-state index contributed by atoms with van der Waals surface area (Å²) in [6.07, 6.45) is 10.4. The topological polar surface area (TPSA) is 218 Å². The first-order chi connectivity index (χ1) is 31.6. The number of hydrogen-bond donors (Lipinski definition) is 3. The summed E-state index contributed by atoms with van der Waals surface area (Å²) in [5.74, 6) is -0.724. The number of methoxy groups -OCH3 is 1. The number of likely N-dealkylation sites (tertiary alicyclic amines) is 1. The Morgan fingerprint density at radius 1 is 1.03 bits per heavy atom. The molecule has 17 heteroatoms. The molecule has 7 atom stereocenters. The number of aromatic nitrogens is 2. The van der Waals surface area contributed by atoms with Crippen LogP contribution in [0.3, 0.4) is 0 Å². The van der Waals surface area contributed by atoms with Crippen LogP contribution in [0, 0.1) is 23.7 Å². The second-order valence-corrected chi connectivity index (χ2v) is 22.3. The molecule has 2 aliphatic carbocycles. The van der Waals surface area contributed by atoms with Gasteiger partial charge in [-0.05, 0) is 146 Å². The lowest BCUT2D eigenvalue weighted by molar-refractivity contribution is -0.140. The van der Waals surface area contributed by atoms with Crippen LogP contribution in [0.1, 0.15) is 120 Å². The number of fused-ring (bicyclic) bond motifs is 1. The minimum atomic E-state index is -3.70. The number of pyridine rings is 2. The summed E-state index contributed by atoms with van der Waals surface area (Å²) < 4.78 is 50.6. The number of nitrogens with two attached hydrogens (primary N) is 1. The van der Waals surface area contributed by atoms with Crippen molar-refractivity contribution in [1.29, 1.82) is 0 Å². The average Bonchev–Trinajstić information content (AvgIpc) is 3.63. The zero-order chi connectivity index (χ0) is 48.8. The molecule has 1 aromatic carbocycles. The maximum atomic E-state index is 14.9. The number of benzene rings is 1. The van der Waals surface area contributed by atoms with E-state index >= 15 is 0 Å². The molecule has 0 spiro atoms. The lowest BCUT2D eigenvalue weighted by Crippen LogP contribution is -2.56. The number of alkyl carbamates (subject to hydrolysis) is 1. The molecule has 1 saturated heterocycles. The minimum absolute atomic E-state index is 0.00416. The van der Waals surface area contributed by atoms with Crippen molar-refractivity contribution in [1.82, 2.24) is 24.9 Å². The second kappa shape index (κ2) is 21.2. The fourth-order valence-electron chi connectivity index (χ4n) is 9.12. The molecule has 0 radical (unpaired) electrons. The quantitative estimate of drug-likeness (QED) is 0.0932. The van der Waals surface area contributed by atoms with Gasteiger partial charge in [0.05, 0.1) is 42.1 Å². The SMILES string of the molecule is CC[C@H](C[C@@H](C)CC/C=C\[C@@H]1CCCC1C(=O)NS(=O)(=O)C1(C)CC1)[C@H](NC(=O)OC(C)(C)C)C(=O)N1C[C@H](Oc2nc(-c3ccc(OC(C)C)cn3)cc3cc(OC)ccc23)C[C@H]1C(N)=O. The molecule has 366 valence electrons. The van der Waals surface area contributed by atoms with E-state index in [1.165, 1.54) is 4.90 Å². The maximum absolute atomic E-state index is 14.9. The van der Waals surface area contributed by atoms with Crippen LogP contribution in [0.4, 0.5) is 4.79 Å². The van der Waals surface area contributed by atoms with E-state index in [0.29, 0.717) is 66.8 Å². The van der Waals surface area contributed by atoms with Gasteiger partial charge in [-0.1, -0.05) is 38.8 Å². The molecular weight excluding hydrogens is 877 g/mol. The molecule has 1 unspecified atom stereocenters. The molecule has 2 aromatic heterocycles. The molecule has 3 aliphatic rings. The Kier molecular flexibility index (Phi) is 16.2. The maximum Gasteiger partial charge on any atom is 0.408 e. The van der Waals surface area contributed by atoms with Crippen LogP contribution < -0.4 is 30.0 Å². The van der Waals surface area contributed by atoms with E-state index in [0.717, 1.165) is 24.6 Å². The van der Waals surface area contributed by atoms with Gasteiger partial charge in [0.2, 0.25) is 33.6 Å². The number of carbonyl (C=O) groups excluding carboxylic acids is 4. The molecular formula is C50H70N6O10S. The van der Waals surface area contributed by atoms with Crippen molar-refractivity contribution < 1.29 is 46.5 Å². The molecule has 0 bridgehead atoms. The molecule has 3 aromatic rings. The molecule has 67 heavy (non-hydrogen) atoms. The Hall–Kier alpha value is -5.45. The molecule has 4 amide bonds. The molecule has 3 fully saturated rings. The molecule has 2 saturated carbocycles. The number of primary amides is 1. The van der Waals surface area contributed by atoms with Crippen LogP contribution >= 0.6 is 0 Å². The van der Waals surface area contributed by atoms with Crippen molar-refractivity contribution in [3.63, 3.8) is 0 Å². The fraction of sp³-hybridized carbons (Fsp3) is 0.600. The molecule has 3 heterocycles. The van der Waals surface area contributed by atoms with E-state index in [1.807, 2.05) is 57.2 Å². The van der Waals surface area contributed by atoms with Crippen molar-refractivity contribution in [3.8, 4) is 28.8 Å². The van der Waals surface area contributed by atoms with E-state index in [9.17, 15) is 27.6 Å². The number of amides is 4. The third-order valence-electron chi connectivity index (χ3n) is 13.1. The van der Waals surface area contributed by atoms with E-state index in [1.54, 1.807) is 47.1 Å². The predicted molar refractivity (Wildman–Crippen MR) is 256 cm³/mol. The van der Waals surface area contributed by atoms with Gasteiger partial charge in [0.1, 0.15) is 35.3 Å². The standard InChI is InChI=1S/C50H70N6O10S/c1-10-32(24-31(4)14-11-12-15-33-16-13-17-38(33)45(58)55-67(61,62)50(8)22-23-50)43(54-48(60)66-49(5,6)7)47(59)56-29-37(27-42(56)44(51)57)65-46-39-20-18-35(63-9)25-34(39)26-41(53-46)40-21-19-36(28-52-40)64-30(2)3/h12,15,18-21,25-26,28,30-33,37-38,42-43H,10-11,13-14,16-17,22-24,27,29H2,1-9H3,(H2,51,57)(H,54,60)(H,55,58)/b15-12-/t31-,32+,33+,37+,38?,42-,43-/m0/s1. The first-order valence-electron chi connectivity index (χ1n) is 23.7. The first kappa shape index (κ1) is 51.0. The molecule has 16 nitrogen and oxygen atoms in total. The Balaban J connectivity index is 1.17. The van der Waals surface area contributed by atoms with E-state index in [-0.39, 0.29) is 42.7 Å². The van der Waals surface area contributed by atoms with Gasteiger partial charge in [-0.3, -0.25) is 24.1 Å². The lowest BCUT2D eigenvalue weighted by Gasteiger charge is -2.33. The van der Waals surface area contributed by atoms with Crippen LogP contribution in [0.25, 0.3) is 22.2 Å². The Morgan fingerprint density at radius 2 is 1.76 bits per heavy atom. The van der Waals surface area contributed by atoms with Gasteiger partial charge in [0.15, 0.2) is 0 Å². The number of hydrogen-bond acceptors (Lipinski definition) is 12. The number of rotatable bonds is 20. The van der Waals surface area contributed by atoms with Gasteiger partial charge in [-0.2, -0.15) is 0 Å². The number of nitrogens with zero attached hydrogens (tertiary/aromatic N) is 3. The Morgan fingerprint density at radius 3 is 2.39 bits per heavy atom. The normalized spacial score (nSPS) is 21.7. The molecule has 6 rings (SSSR count). The van der Waals surface area contributed by atoms with E-state index < -0.39 is 68.3 Å². The highest BCUT2D eigenvalue weighted by molar-refractivity contribution is 7.91. The van der Waals surface area contributed by atoms with Gasteiger partial charge in [0.25, 0.3) is 0 Å². The van der Waals surface area contributed by atoms with Gasteiger partial charge in [-0.15, -0.1) is 0 Å². The van der Waals surface area contributed by atoms with Crippen molar-refractivity contribution in [2.24, 2.45) is 29.4 Å². The van der Waals surface area contributed by atoms with Gasteiger partial charge >= 0.3 is 6.09 Å². The average molecular weight is 947 g/mol. The van der Waals surface area contributed by atoms with Gasteiger partial charge < -0.3 is 34.9 Å². The van der Waals surface area contributed by atoms with Gasteiger partial charge in [0, 0.05) is 17.7 Å².